The summed E-state index contributed by atoms with van der Waals surface area (Å²) in [6, 6.07) is 0. The van der Waals surface area contributed by atoms with E-state index in [1.807, 2.05) is 6.92 Å². The Balaban J connectivity index is 1.98. The molecule has 0 spiro atoms. The van der Waals surface area contributed by atoms with Gasteiger partial charge in [0.05, 0.1) is 18.3 Å². The summed E-state index contributed by atoms with van der Waals surface area (Å²) in [5.74, 6) is -0.0692. The van der Waals surface area contributed by atoms with Gasteiger partial charge in [0.1, 0.15) is 6.23 Å². The molecule has 1 aliphatic heterocycles. The van der Waals surface area contributed by atoms with Crippen LogP contribution in [0.5, 0.6) is 0 Å². The van der Waals surface area contributed by atoms with E-state index in [2.05, 4.69) is 10.3 Å². The number of methoxy groups -OCH3 is 1. The monoisotopic (exact) mass is 408 g/mol. The number of H-pyrrole nitrogens is 1. The molecule has 0 radical (unpaired) electrons. The number of aromatic amines is 1. The second-order valence-corrected chi connectivity index (χ2v) is 7.38. The molecule has 1 fully saturated rings. The average molecular weight is 408 g/mol. The first kappa shape index (κ1) is 23.1. The van der Waals surface area contributed by atoms with Gasteiger partial charge in [-0.3, -0.25) is 19.1 Å². The lowest BCUT2D eigenvalue weighted by atomic mass is 10.0. The standard InChI is InChI=1S/C20H32N4O5/c1-14-11-18(29-16(14)13-28-2)24-12-15(19(26)23-20(24)27)7-8-17(25)22-10-6-4-3-5-9-21/h7-8,12,14,16,18H,3-6,9-11,13,21H2,1-2H3,(H,22,25)(H,23,26,27)/b8-7+/t14-,16-,18-/m1/s1. The molecule has 3 atom stereocenters. The maximum absolute atomic E-state index is 12.2. The number of hydrogen-bond acceptors (Lipinski definition) is 6. The summed E-state index contributed by atoms with van der Waals surface area (Å²) in [7, 11) is 1.60. The van der Waals surface area contributed by atoms with Gasteiger partial charge in [0.15, 0.2) is 0 Å². The van der Waals surface area contributed by atoms with Crippen molar-refractivity contribution in [3.63, 3.8) is 0 Å². The molecule has 1 aromatic heterocycles. The van der Waals surface area contributed by atoms with Gasteiger partial charge in [-0.2, -0.15) is 0 Å². The Morgan fingerprint density at radius 3 is 2.86 bits per heavy atom. The number of nitrogens with one attached hydrogen (secondary N) is 2. The van der Waals surface area contributed by atoms with Crippen molar-refractivity contribution < 1.29 is 14.3 Å². The zero-order valence-corrected chi connectivity index (χ0v) is 17.2. The molecule has 1 amide bonds. The van der Waals surface area contributed by atoms with Gasteiger partial charge >= 0.3 is 5.69 Å². The van der Waals surface area contributed by atoms with Crippen molar-refractivity contribution >= 4 is 12.0 Å². The minimum Gasteiger partial charge on any atom is -0.382 e. The molecular weight excluding hydrogens is 376 g/mol. The van der Waals surface area contributed by atoms with Crippen LogP contribution in [0.3, 0.4) is 0 Å². The summed E-state index contributed by atoms with van der Waals surface area (Å²) in [6.45, 7) is 3.72. The third-order valence-electron chi connectivity index (χ3n) is 5.02. The highest BCUT2D eigenvalue weighted by molar-refractivity contribution is 5.91. The Morgan fingerprint density at radius 1 is 1.38 bits per heavy atom. The third kappa shape index (κ3) is 6.95. The second kappa shape index (κ2) is 11.7. The van der Waals surface area contributed by atoms with Crippen LogP contribution >= 0.6 is 0 Å². The van der Waals surface area contributed by atoms with Crippen molar-refractivity contribution in [2.24, 2.45) is 11.7 Å². The molecule has 29 heavy (non-hydrogen) atoms. The molecule has 0 saturated carbocycles. The summed E-state index contributed by atoms with van der Waals surface area (Å²) in [5, 5.41) is 2.78. The van der Waals surface area contributed by atoms with E-state index in [9.17, 15) is 14.4 Å². The summed E-state index contributed by atoms with van der Waals surface area (Å²) in [5.41, 5.74) is 4.58. The smallest absolute Gasteiger partial charge is 0.330 e. The van der Waals surface area contributed by atoms with E-state index in [1.165, 1.54) is 22.9 Å². The number of ether oxygens (including phenoxy) is 2. The van der Waals surface area contributed by atoms with Crippen LogP contribution in [0.15, 0.2) is 21.9 Å². The van der Waals surface area contributed by atoms with Crippen LogP contribution in [0.4, 0.5) is 0 Å². The fourth-order valence-corrected chi connectivity index (χ4v) is 3.30. The van der Waals surface area contributed by atoms with Crippen molar-refractivity contribution in [2.75, 3.05) is 26.8 Å². The van der Waals surface area contributed by atoms with Crippen molar-refractivity contribution in [2.45, 2.75) is 51.4 Å². The number of nitrogens with two attached hydrogens (primary N) is 1. The fraction of sp³-hybridized carbons (Fsp3) is 0.650. The maximum Gasteiger partial charge on any atom is 0.330 e. The number of hydrogen-bond donors (Lipinski definition) is 3. The molecule has 0 bridgehead atoms. The van der Waals surface area contributed by atoms with E-state index < -0.39 is 17.5 Å². The van der Waals surface area contributed by atoms with Gasteiger partial charge in [-0.1, -0.05) is 19.8 Å². The molecule has 0 unspecified atom stereocenters. The largest absolute Gasteiger partial charge is 0.382 e. The van der Waals surface area contributed by atoms with Crippen LogP contribution in [0, 0.1) is 5.92 Å². The summed E-state index contributed by atoms with van der Waals surface area (Å²) in [4.78, 5) is 38.5. The van der Waals surface area contributed by atoms with Crippen LogP contribution in [0.25, 0.3) is 6.08 Å². The van der Waals surface area contributed by atoms with Crippen molar-refractivity contribution in [1.82, 2.24) is 14.9 Å². The Labute approximate surface area is 170 Å². The zero-order valence-electron chi connectivity index (χ0n) is 17.2. The quantitative estimate of drug-likeness (QED) is 0.366. The number of carbonyl (C=O) groups excluding carboxylic acids is 1. The highest BCUT2D eigenvalue weighted by Crippen LogP contribution is 2.32. The molecule has 4 N–H and O–H groups in total. The minimum atomic E-state index is -0.545. The third-order valence-corrected chi connectivity index (χ3v) is 5.02. The van der Waals surface area contributed by atoms with Crippen molar-refractivity contribution in [3.05, 3.63) is 38.7 Å². The van der Waals surface area contributed by atoms with E-state index in [0.717, 1.165) is 25.7 Å². The summed E-state index contributed by atoms with van der Waals surface area (Å²) < 4.78 is 12.4. The predicted octanol–water partition coefficient (Wildman–Crippen LogP) is 0.755. The lowest BCUT2D eigenvalue weighted by Gasteiger charge is -2.16. The summed E-state index contributed by atoms with van der Waals surface area (Å²) in [6.07, 6.45) is 8.10. The fourth-order valence-electron chi connectivity index (χ4n) is 3.30. The Morgan fingerprint density at radius 2 is 2.14 bits per heavy atom. The van der Waals surface area contributed by atoms with Crippen LogP contribution in [0.2, 0.25) is 0 Å². The molecule has 162 valence electrons. The number of unbranched alkanes of at least 4 members (excludes halogenated alkanes) is 3. The average Bonchev–Trinajstić information content (AvgIpc) is 3.04. The van der Waals surface area contributed by atoms with Crippen LogP contribution in [-0.4, -0.2) is 48.4 Å². The van der Waals surface area contributed by atoms with E-state index in [1.54, 1.807) is 7.11 Å². The van der Waals surface area contributed by atoms with E-state index in [-0.39, 0.29) is 23.5 Å². The van der Waals surface area contributed by atoms with Gasteiger partial charge in [-0.05, 0) is 37.8 Å². The van der Waals surface area contributed by atoms with Gasteiger partial charge < -0.3 is 20.5 Å². The molecule has 2 rings (SSSR count). The maximum atomic E-state index is 12.2. The molecule has 0 aliphatic carbocycles. The van der Waals surface area contributed by atoms with E-state index >= 15 is 0 Å². The Bertz CT molecular complexity index is 801. The predicted molar refractivity (Wildman–Crippen MR) is 110 cm³/mol. The highest BCUT2D eigenvalue weighted by Gasteiger charge is 2.33. The number of nitrogens with zero attached hydrogens (tertiary/aromatic N) is 1. The van der Waals surface area contributed by atoms with Crippen LogP contribution in [0.1, 0.15) is 50.8 Å². The SMILES string of the molecule is COC[C@H]1O[C@@H](n2cc(/C=C/C(=O)NCCCCCCN)c(=O)[nH]c2=O)C[C@H]1C. The minimum absolute atomic E-state index is 0.113. The zero-order chi connectivity index (χ0) is 21.2. The van der Waals surface area contributed by atoms with Crippen molar-refractivity contribution in [1.29, 1.82) is 0 Å². The second-order valence-electron chi connectivity index (χ2n) is 7.38. The topological polar surface area (TPSA) is 128 Å². The van der Waals surface area contributed by atoms with Crippen molar-refractivity contribution in [3.8, 4) is 0 Å². The normalized spacial score (nSPS) is 21.7. The lowest BCUT2D eigenvalue weighted by Crippen LogP contribution is -2.33. The summed E-state index contributed by atoms with van der Waals surface area (Å²) >= 11 is 0. The van der Waals surface area contributed by atoms with E-state index in [4.69, 9.17) is 15.2 Å². The molecule has 1 aromatic rings. The molecule has 9 heteroatoms. The van der Waals surface area contributed by atoms with Crippen LogP contribution in [-0.2, 0) is 14.3 Å². The molecule has 2 heterocycles. The lowest BCUT2D eigenvalue weighted by molar-refractivity contribution is -0.116. The molecular formula is C20H32N4O5. The molecule has 9 nitrogen and oxygen atoms in total. The Kier molecular flexibility index (Phi) is 9.30. The molecule has 0 aromatic carbocycles. The first-order valence-electron chi connectivity index (χ1n) is 10.1. The molecule has 1 saturated heterocycles. The van der Waals surface area contributed by atoms with Gasteiger partial charge in [0.2, 0.25) is 5.91 Å². The number of aromatic nitrogens is 2. The van der Waals surface area contributed by atoms with E-state index in [0.29, 0.717) is 26.1 Å². The Hall–Kier alpha value is -2.23. The number of carbonyl (C=O) groups is 1. The van der Waals surface area contributed by atoms with Crippen LogP contribution < -0.4 is 22.3 Å². The van der Waals surface area contributed by atoms with Gasteiger partial charge in [-0.15, -0.1) is 0 Å². The first-order chi connectivity index (χ1) is 14.0. The van der Waals surface area contributed by atoms with Gasteiger partial charge in [0.25, 0.3) is 5.56 Å². The highest BCUT2D eigenvalue weighted by atomic mass is 16.5. The first-order valence-corrected chi connectivity index (χ1v) is 10.1. The number of rotatable bonds is 11. The number of amides is 1. The molecule has 1 aliphatic rings. The van der Waals surface area contributed by atoms with Gasteiger partial charge in [-0.25, -0.2) is 4.79 Å². The van der Waals surface area contributed by atoms with Gasteiger partial charge in [0, 0.05) is 25.9 Å².